The van der Waals surface area contributed by atoms with Crippen molar-refractivity contribution in [3.63, 3.8) is 0 Å². The number of nitrogens with one attached hydrogen (secondary N) is 1. The lowest BCUT2D eigenvalue weighted by molar-refractivity contribution is -0.158. The third kappa shape index (κ3) is 11.8. The maximum Gasteiger partial charge on any atom is 0.416 e. The normalized spacial score (nSPS) is 12.9. The Balaban J connectivity index is 0.000000321. The van der Waals surface area contributed by atoms with Crippen molar-refractivity contribution in [2.24, 2.45) is 5.73 Å². The average molecular weight is 751 g/mol. The molecule has 0 saturated heterocycles. The molecular formula is C40H45F3N4O7. The first-order valence-electron chi connectivity index (χ1n) is 17.4. The first-order chi connectivity index (χ1) is 25.4. The Morgan fingerprint density at radius 1 is 0.852 bits per heavy atom. The van der Waals surface area contributed by atoms with Gasteiger partial charge in [-0.3, -0.25) is 4.79 Å². The number of aliphatic carboxylic acids is 1. The van der Waals surface area contributed by atoms with Gasteiger partial charge in [0.25, 0.3) is 0 Å². The van der Waals surface area contributed by atoms with E-state index in [1.165, 1.54) is 26.0 Å². The first kappa shape index (κ1) is 41.3. The molecule has 11 nitrogen and oxygen atoms in total. The number of rotatable bonds is 14. The monoisotopic (exact) mass is 750 g/mol. The van der Waals surface area contributed by atoms with Crippen LogP contribution in [0.3, 0.4) is 0 Å². The number of carbonyl (C=O) groups excluding carboxylic acids is 2. The Morgan fingerprint density at radius 3 is 1.91 bits per heavy atom. The van der Waals surface area contributed by atoms with Crippen LogP contribution in [0.4, 0.5) is 13.2 Å². The van der Waals surface area contributed by atoms with Gasteiger partial charge in [-0.25, -0.2) is 19.6 Å². The van der Waals surface area contributed by atoms with Crippen molar-refractivity contribution in [3.05, 3.63) is 107 Å². The highest BCUT2D eigenvalue weighted by Gasteiger charge is 2.33. The summed E-state index contributed by atoms with van der Waals surface area (Å²) in [4.78, 5) is 44.4. The van der Waals surface area contributed by atoms with Gasteiger partial charge in [0.15, 0.2) is 17.0 Å². The zero-order chi connectivity index (χ0) is 39.7. The number of carbonyl (C=O) groups is 3. The predicted octanol–water partition coefficient (Wildman–Crippen LogP) is 7.01. The fraction of sp³-hybridized carbons (Fsp3) is 0.375. The smallest absolute Gasteiger partial charge is 0.416 e. The number of hydrogen-bond donors (Lipinski definition) is 3. The molecule has 1 heterocycles. The second-order valence-corrected chi connectivity index (χ2v) is 13.6. The molecular weight excluding hydrogens is 705 g/mol. The van der Waals surface area contributed by atoms with Crippen molar-refractivity contribution in [2.75, 3.05) is 6.61 Å². The van der Waals surface area contributed by atoms with Crippen LogP contribution in [-0.2, 0) is 44.8 Å². The molecule has 0 bridgehead atoms. The second kappa shape index (κ2) is 17.5. The maximum atomic E-state index is 12.9. The minimum Gasteiger partial charge on any atom is -0.478 e. The van der Waals surface area contributed by atoms with E-state index in [9.17, 15) is 32.7 Å². The van der Waals surface area contributed by atoms with Crippen molar-refractivity contribution in [3.8, 4) is 22.9 Å². The van der Waals surface area contributed by atoms with Crippen LogP contribution in [0.5, 0.6) is 11.5 Å². The molecule has 1 aliphatic rings. The number of benzene rings is 3. The van der Waals surface area contributed by atoms with E-state index in [0.29, 0.717) is 41.6 Å². The van der Waals surface area contributed by atoms with Gasteiger partial charge < -0.3 is 30.4 Å². The van der Waals surface area contributed by atoms with E-state index in [4.69, 9.17) is 19.9 Å². The topological polar surface area (TPSA) is 163 Å². The fourth-order valence-corrected chi connectivity index (χ4v) is 5.00. The Labute approximate surface area is 312 Å². The van der Waals surface area contributed by atoms with Crippen LogP contribution < -0.4 is 20.5 Å². The van der Waals surface area contributed by atoms with E-state index >= 15 is 0 Å². The molecule has 1 amide bonds. The number of halogens is 3. The van der Waals surface area contributed by atoms with E-state index in [1.807, 2.05) is 12.1 Å². The van der Waals surface area contributed by atoms with Gasteiger partial charge in [0.2, 0.25) is 5.91 Å². The molecule has 4 aromatic rings. The lowest BCUT2D eigenvalue weighted by Crippen LogP contribution is -2.39. The highest BCUT2D eigenvalue weighted by Crippen LogP contribution is 2.41. The standard InChI is InChI=1S/C27H26F3N3O4.C13H19NO3/c1-26(2,25(35)36)37-21-11-3-16(4-12-21)14-31-22(34)13-19-15-32-24(33-23(19)17-5-6-17)18-7-9-20(10-8-18)27(28,29)30;1-4-16-12(15)13(2,3)17-11-7-5-10(9-14)6-8-11/h3-4,7-12,15,17H,5-6,13-14H2,1-2H3,(H,31,34)(H,35,36);5-8H,4,9,14H2,1-3H3. The van der Waals surface area contributed by atoms with E-state index in [1.54, 1.807) is 63.4 Å². The molecule has 14 heteroatoms. The number of amides is 1. The minimum absolute atomic E-state index is 0.0765. The van der Waals surface area contributed by atoms with Crippen molar-refractivity contribution in [1.82, 2.24) is 15.3 Å². The molecule has 1 aliphatic carbocycles. The van der Waals surface area contributed by atoms with Crippen molar-refractivity contribution >= 4 is 17.8 Å². The Kier molecular flexibility index (Phi) is 13.4. The van der Waals surface area contributed by atoms with Gasteiger partial charge in [-0.2, -0.15) is 13.2 Å². The summed E-state index contributed by atoms with van der Waals surface area (Å²) in [7, 11) is 0. The number of hydrogen-bond acceptors (Lipinski definition) is 9. The summed E-state index contributed by atoms with van der Waals surface area (Å²) in [5, 5.41) is 12.0. The van der Waals surface area contributed by atoms with Crippen LogP contribution in [0.25, 0.3) is 11.4 Å². The Morgan fingerprint density at radius 2 is 1.41 bits per heavy atom. The van der Waals surface area contributed by atoms with E-state index in [0.717, 1.165) is 41.8 Å². The highest BCUT2D eigenvalue weighted by molar-refractivity contribution is 5.79. The number of carboxylic acid groups (broad SMARTS) is 1. The first-order valence-corrected chi connectivity index (χ1v) is 17.4. The number of nitrogens with zero attached hydrogens (tertiary/aromatic N) is 2. The molecule has 1 aromatic heterocycles. The van der Waals surface area contributed by atoms with Crippen LogP contribution in [0, 0.1) is 0 Å². The SMILES string of the molecule is CC(C)(Oc1ccc(CNC(=O)Cc2cnc(-c3ccc(C(F)(F)F)cc3)nc2C2CC2)cc1)C(=O)O.CCOC(=O)C(C)(C)Oc1ccc(CN)cc1. The molecule has 1 fully saturated rings. The summed E-state index contributed by atoms with van der Waals surface area (Å²) in [5.41, 5.74) is 6.16. The largest absolute Gasteiger partial charge is 0.478 e. The van der Waals surface area contributed by atoms with Crippen LogP contribution in [0.15, 0.2) is 79.0 Å². The fourth-order valence-electron chi connectivity index (χ4n) is 5.00. The summed E-state index contributed by atoms with van der Waals surface area (Å²) in [6, 6.07) is 18.8. The Bertz CT molecular complexity index is 1890. The number of carboxylic acids is 1. The van der Waals surface area contributed by atoms with Crippen LogP contribution in [0.2, 0.25) is 0 Å². The number of alkyl halides is 3. The minimum atomic E-state index is -4.41. The van der Waals surface area contributed by atoms with Crippen molar-refractivity contribution in [1.29, 1.82) is 0 Å². The number of aromatic nitrogens is 2. The summed E-state index contributed by atoms with van der Waals surface area (Å²) < 4.78 is 54.6. The third-order valence-electron chi connectivity index (χ3n) is 8.28. The van der Waals surface area contributed by atoms with Gasteiger partial charge in [0.05, 0.1) is 24.3 Å². The summed E-state index contributed by atoms with van der Waals surface area (Å²) in [5.74, 6) is -0.106. The Hall–Kier alpha value is -5.50. The van der Waals surface area contributed by atoms with Gasteiger partial charge in [-0.05, 0) is 95.0 Å². The number of esters is 1. The molecule has 0 atom stereocenters. The molecule has 0 unspecified atom stereocenters. The highest BCUT2D eigenvalue weighted by atomic mass is 19.4. The summed E-state index contributed by atoms with van der Waals surface area (Å²) >= 11 is 0. The molecule has 5 rings (SSSR count). The lowest BCUT2D eigenvalue weighted by Gasteiger charge is -2.24. The lowest BCUT2D eigenvalue weighted by atomic mass is 10.1. The predicted molar refractivity (Wildman–Crippen MR) is 194 cm³/mol. The zero-order valence-electron chi connectivity index (χ0n) is 30.8. The number of ether oxygens (including phenoxy) is 3. The maximum absolute atomic E-state index is 12.9. The molecule has 4 N–H and O–H groups in total. The molecule has 1 saturated carbocycles. The van der Waals surface area contributed by atoms with E-state index in [-0.39, 0.29) is 30.8 Å². The second-order valence-electron chi connectivity index (χ2n) is 13.6. The number of nitrogens with two attached hydrogens (primary N) is 1. The van der Waals surface area contributed by atoms with Crippen LogP contribution >= 0.6 is 0 Å². The molecule has 0 aliphatic heterocycles. The van der Waals surface area contributed by atoms with Gasteiger partial charge in [0, 0.05) is 36.3 Å². The molecule has 54 heavy (non-hydrogen) atoms. The van der Waals surface area contributed by atoms with E-state index in [2.05, 4.69) is 15.3 Å². The molecule has 0 radical (unpaired) electrons. The van der Waals surface area contributed by atoms with Gasteiger partial charge >= 0.3 is 18.1 Å². The van der Waals surface area contributed by atoms with Crippen molar-refractivity contribution in [2.45, 2.75) is 90.3 Å². The van der Waals surface area contributed by atoms with Crippen LogP contribution in [-0.4, -0.2) is 50.7 Å². The van der Waals surface area contributed by atoms with Gasteiger partial charge in [0.1, 0.15) is 11.5 Å². The summed E-state index contributed by atoms with van der Waals surface area (Å²) in [6.45, 7) is 9.15. The van der Waals surface area contributed by atoms with E-state index < -0.39 is 28.9 Å². The average Bonchev–Trinajstić information content (AvgIpc) is 3.97. The van der Waals surface area contributed by atoms with Crippen LogP contribution in [0.1, 0.15) is 81.3 Å². The molecule has 0 spiro atoms. The third-order valence-corrected chi connectivity index (χ3v) is 8.28. The van der Waals surface area contributed by atoms with Crippen molar-refractivity contribution < 1.29 is 46.9 Å². The molecule has 288 valence electrons. The van der Waals surface area contributed by atoms with Gasteiger partial charge in [-0.1, -0.05) is 36.4 Å². The van der Waals surface area contributed by atoms with Gasteiger partial charge in [-0.15, -0.1) is 0 Å². The molecule has 3 aromatic carbocycles. The zero-order valence-corrected chi connectivity index (χ0v) is 30.8. The quantitative estimate of drug-likeness (QED) is 0.114. The summed E-state index contributed by atoms with van der Waals surface area (Å²) in [6.07, 6.45) is -0.893.